The van der Waals surface area contributed by atoms with Crippen LogP contribution >= 0.6 is 11.6 Å². The summed E-state index contributed by atoms with van der Waals surface area (Å²) in [7, 11) is 1.32. The number of rotatable bonds is 5. The van der Waals surface area contributed by atoms with Gasteiger partial charge in [0.05, 0.1) is 7.11 Å². The van der Waals surface area contributed by atoms with Gasteiger partial charge in [-0.15, -0.1) is 0 Å². The van der Waals surface area contributed by atoms with E-state index in [0.29, 0.717) is 29.4 Å². The fourth-order valence-corrected chi connectivity index (χ4v) is 4.42. The van der Waals surface area contributed by atoms with E-state index in [1.807, 2.05) is 4.90 Å². The summed E-state index contributed by atoms with van der Waals surface area (Å²) in [5, 5.41) is 4.64. The van der Waals surface area contributed by atoms with Gasteiger partial charge in [0.2, 0.25) is 5.43 Å². The van der Waals surface area contributed by atoms with E-state index in [2.05, 4.69) is 5.10 Å². The molecule has 8 nitrogen and oxygen atoms in total. The molecule has 10 heteroatoms. The van der Waals surface area contributed by atoms with Gasteiger partial charge in [-0.05, 0) is 30.7 Å². The highest BCUT2D eigenvalue weighted by atomic mass is 35.5. The molecule has 1 saturated heterocycles. The normalized spacial score (nSPS) is 15.0. The van der Waals surface area contributed by atoms with Crippen LogP contribution in [-0.2, 0) is 9.53 Å². The van der Waals surface area contributed by atoms with Crippen LogP contribution in [0.2, 0.25) is 5.02 Å². The molecule has 1 fully saturated rings. The average Bonchev–Trinajstić information content (AvgIpc) is 2.86. The topological polar surface area (TPSA) is 84.7 Å². The number of aromatic nitrogens is 2. The van der Waals surface area contributed by atoms with Crippen LogP contribution in [0.3, 0.4) is 0 Å². The highest BCUT2D eigenvalue weighted by molar-refractivity contribution is 6.31. The van der Waals surface area contributed by atoms with Crippen molar-refractivity contribution in [1.82, 2.24) is 19.6 Å². The maximum Gasteiger partial charge on any atom is 0.327 e. The molecule has 1 aliphatic heterocycles. The number of benzene rings is 2. The van der Waals surface area contributed by atoms with Crippen molar-refractivity contribution in [2.45, 2.75) is 13.0 Å². The van der Waals surface area contributed by atoms with Gasteiger partial charge >= 0.3 is 5.97 Å². The largest absolute Gasteiger partial charge is 0.468 e. The van der Waals surface area contributed by atoms with Crippen molar-refractivity contribution in [3.63, 3.8) is 0 Å². The van der Waals surface area contributed by atoms with Crippen LogP contribution in [0.5, 0.6) is 0 Å². The predicted octanol–water partition coefficient (Wildman–Crippen LogP) is 3.01. The number of hydrogen-bond acceptors (Lipinski definition) is 6. The number of hydrogen-bond donors (Lipinski definition) is 0. The minimum Gasteiger partial charge on any atom is -0.468 e. The fraction of sp³-hybridized carbons (Fsp3) is 0.280. The van der Waals surface area contributed by atoms with Crippen LogP contribution in [0.15, 0.2) is 59.4 Å². The van der Waals surface area contributed by atoms with Gasteiger partial charge < -0.3 is 9.64 Å². The summed E-state index contributed by atoms with van der Waals surface area (Å²) in [6, 6.07) is 13.6. The molecule has 35 heavy (non-hydrogen) atoms. The third kappa shape index (κ3) is 4.96. The lowest BCUT2D eigenvalue weighted by Crippen LogP contribution is -2.52. The first-order chi connectivity index (χ1) is 16.8. The van der Waals surface area contributed by atoms with E-state index >= 15 is 0 Å². The number of aryl methyl sites for hydroxylation is 1. The SMILES string of the molecule is COC(=O)C(c1ccccc1Cl)N1CCN(C(=O)c2nn(-c3ccccc3F)c(C)cc2=O)CC1. The van der Waals surface area contributed by atoms with E-state index in [1.165, 1.54) is 34.9 Å². The standard InChI is InChI=1S/C25H24ClFN4O4/c1-16-15-21(32)22(28-31(16)20-10-6-5-9-19(20)27)24(33)30-13-11-29(12-14-30)23(25(34)35-2)17-7-3-4-8-18(17)26/h3-10,15,23H,11-14H2,1-2H3. The number of carbonyl (C=O) groups excluding carboxylic acids is 2. The smallest absolute Gasteiger partial charge is 0.327 e. The first-order valence-electron chi connectivity index (χ1n) is 11.0. The molecule has 0 saturated carbocycles. The highest BCUT2D eigenvalue weighted by Gasteiger charge is 2.34. The van der Waals surface area contributed by atoms with Crippen LogP contribution in [-0.4, -0.2) is 64.7 Å². The third-order valence-electron chi connectivity index (χ3n) is 5.98. The zero-order valence-corrected chi connectivity index (χ0v) is 20.0. The molecule has 3 aromatic rings. The fourth-order valence-electron chi connectivity index (χ4n) is 4.18. The number of halogens is 2. The maximum absolute atomic E-state index is 14.3. The molecule has 182 valence electrons. The van der Waals surface area contributed by atoms with Gasteiger partial charge in [0.1, 0.15) is 17.5 Å². The lowest BCUT2D eigenvalue weighted by atomic mass is 10.0. The van der Waals surface area contributed by atoms with Crippen molar-refractivity contribution >= 4 is 23.5 Å². The molecule has 0 aliphatic carbocycles. The van der Waals surface area contributed by atoms with Gasteiger partial charge in [-0.25, -0.2) is 13.9 Å². The average molecular weight is 499 g/mol. The Morgan fingerprint density at radius 2 is 1.71 bits per heavy atom. The van der Waals surface area contributed by atoms with Gasteiger partial charge in [-0.2, -0.15) is 5.10 Å². The second-order valence-corrected chi connectivity index (χ2v) is 8.54. The summed E-state index contributed by atoms with van der Waals surface area (Å²) in [5.74, 6) is -1.52. The monoisotopic (exact) mass is 498 g/mol. The lowest BCUT2D eigenvalue weighted by Gasteiger charge is -2.38. The number of piperazine rings is 1. The van der Waals surface area contributed by atoms with Crippen molar-refractivity contribution in [2.75, 3.05) is 33.3 Å². The molecule has 2 heterocycles. The van der Waals surface area contributed by atoms with E-state index in [-0.39, 0.29) is 24.5 Å². The molecule has 4 rings (SSSR count). The van der Waals surface area contributed by atoms with E-state index in [4.69, 9.17) is 16.3 Å². The van der Waals surface area contributed by atoms with Crippen LogP contribution in [0, 0.1) is 12.7 Å². The van der Waals surface area contributed by atoms with Crippen LogP contribution in [0.1, 0.15) is 27.8 Å². The molecule has 2 aromatic carbocycles. The summed E-state index contributed by atoms with van der Waals surface area (Å²) in [5.41, 5.74) is 0.342. The zero-order valence-electron chi connectivity index (χ0n) is 19.3. The van der Waals surface area contributed by atoms with E-state index < -0.39 is 29.2 Å². The van der Waals surface area contributed by atoms with E-state index in [9.17, 15) is 18.8 Å². The second kappa shape index (κ2) is 10.4. The molecule has 0 N–H and O–H groups in total. The Labute approximate surface area is 206 Å². The molecular weight excluding hydrogens is 475 g/mol. The number of para-hydroxylation sites is 1. The van der Waals surface area contributed by atoms with Crippen molar-refractivity contribution < 1.29 is 18.7 Å². The number of esters is 1. The summed E-state index contributed by atoms with van der Waals surface area (Å²) in [6.45, 7) is 2.83. The summed E-state index contributed by atoms with van der Waals surface area (Å²) in [6.07, 6.45) is 0. The Morgan fingerprint density at radius 1 is 1.06 bits per heavy atom. The molecule has 0 bridgehead atoms. The van der Waals surface area contributed by atoms with Gasteiger partial charge in [0, 0.05) is 43.0 Å². The molecule has 0 spiro atoms. The highest BCUT2D eigenvalue weighted by Crippen LogP contribution is 2.29. The first kappa shape index (κ1) is 24.6. The minimum atomic E-state index is -0.721. The van der Waals surface area contributed by atoms with Crippen molar-refractivity contribution in [3.05, 3.63) is 92.6 Å². The lowest BCUT2D eigenvalue weighted by molar-refractivity contribution is -0.148. The van der Waals surface area contributed by atoms with E-state index in [1.54, 1.807) is 43.3 Å². The zero-order chi connectivity index (χ0) is 25.1. The third-order valence-corrected chi connectivity index (χ3v) is 6.33. The number of amides is 1. The minimum absolute atomic E-state index is 0.143. The molecule has 1 unspecified atom stereocenters. The van der Waals surface area contributed by atoms with Crippen LogP contribution < -0.4 is 5.43 Å². The summed E-state index contributed by atoms with van der Waals surface area (Å²) >= 11 is 6.33. The van der Waals surface area contributed by atoms with Crippen LogP contribution in [0.4, 0.5) is 4.39 Å². The molecule has 0 radical (unpaired) electrons. The van der Waals surface area contributed by atoms with Crippen molar-refractivity contribution in [1.29, 1.82) is 0 Å². The number of carbonyl (C=O) groups is 2. The van der Waals surface area contributed by atoms with Gasteiger partial charge in [0.15, 0.2) is 5.69 Å². The van der Waals surface area contributed by atoms with E-state index in [0.717, 1.165) is 0 Å². The quantitative estimate of drug-likeness (QED) is 0.503. The molecule has 1 aromatic heterocycles. The number of nitrogens with zero attached hydrogens (tertiary/aromatic N) is 4. The Balaban J connectivity index is 1.56. The Kier molecular flexibility index (Phi) is 7.28. The van der Waals surface area contributed by atoms with Gasteiger partial charge in [-0.3, -0.25) is 14.5 Å². The molecule has 1 aliphatic rings. The molecule has 1 amide bonds. The van der Waals surface area contributed by atoms with Crippen LogP contribution in [0.25, 0.3) is 5.69 Å². The van der Waals surface area contributed by atoms with Crippen molar-refractivity contribution in [3.8, 4) is 5.69 Å². The summed E-state index contributed by atoms with van der Waals surface area (Å²) in [4.78, 5) is 41.8. The Hall–Kier alpha value is -3.56. The first-order valence-corrected chi connectivity index (χ1v) is 11.4. The number of methoxy groups -OCH3 is 1. The Morgan fingerprint density at radius 3 is 2.37 bits per heavy atom. The van der Waals surface area contributed by atoms with Gasteiger partial charge in [0.25, 0.3) is 5.91 Å². The summed E-state index contributed by atoms with van der Waals surface area (Å²) < 4.78 is 20.6. The van der Waals surface area contributed by atoms with Crippen molar-refractivity contribution in [2.24, 2.45) is 0 Å². The molecule has 1 atom stereocenters. The number of ether oxygens (including phenoxy) is 1. The Bertz CT molecular complexity index is 1320. The van der Waals surface area contributed by atoms with Gasteiger partial charge in [-0.1, -0.05) is 41.9 Å². The predicted molar refractivity (Wildman–Crippen MR) is 128 cm³/mol. The maximum atomic E-state index is 14.3. The molecular formula is C25H24ClFN4O4. The second-order valence-electron chi connectivity index (χ2n) is 8.14.